The fourth-order valence-electron chi connectivity index (χ4n) is 1.39. The van der Waals surface area contributed by atoms with Crippen molar-refractivity contribution >= 4 is 56.7 Å². The molecule has 104 valence electrons. The number of hydrogen-bond acceptors (Lipinski definition) is 4. The Morgan fingerprint density at radius 2 is 2.15 bits per heavy atom. The van der Waals surface area contributed by atoms with Crippen molar-refractivity contribution in [3.8, 4) is 0 Å². The maximum atomic E-state index is 11.6. The topological polar surface area (TPSA) is 53.5 Å². The molecule has 0 atom stereocenters. The Labute approximate surface area is 134 Å². The van der Waals surface area contributed by atoms with E-state index in [9.17, 15) is 4.79 Å². The summed E-state index contributed by atoms with van der Waals surface area (Å²) < 4.78 is 1.02. The third-order valence-corrected chi connectivity index (χ3v) is 4.18. The number of amides is 1. The Bertz CT molecular complexity index is 630. The van der Waals surface area contributed by atoms with Gasteiger partial charge in [-0.25, -0.2) is 5.43 Å². The van der Waals surface area contributed by atoms with Crippen molar-refractivity contribution < 1.29 is 4.79 Å². The van der Waals surface area contributed by atoms with Crippen molar-refractivity contribution in [2.75, 3.05) is 11.9 Å². The number of carbonyl (C=O) groups is 1. The van der Waals surface area contributed by atoms with E-state index in [0.717, 1.165) is 14.4 Å². The van der Waals surface area contributed by atoms with E-state index in [1.807, 2.05) is 30.3 Å². The maximum absolute atomic E-state index is 11.6. The number of halogens is 2. The number of anilines is 1. The predicted octanol–water partition coefficient (Wildman–Crippen LogP) is 3.73. The molecule has 4 nitrogen and oxygen atoms in total. The number of nitrogens with one attached hydrogen (secondary N) is 2. The lowest BCUT2D eigenvalue weighted by atomic mass is 10.3. The molecule has 0 radical (unpaired) electrons. The molecule has 2 aromatic rings. The molecule has 0 aliphatic carbocycles. The van der Waals surface area contributed by atoms with Crippen LogP contribution >= 0.6 is 38.9 Å². The highest BCUT2D eigenvalue weighted by Gasteiger charge is 2.02. The molecule has 0 aliphatic heterocycles. The molecule has 0 fully saturated rings. The second-order valence-corrected chi connectivity index (χ2v) is 6.67. The molecule has 0 spiro atoms. The van der Waals surface area contributed by atoms with E-state index in [1.54, 1.807) is 12.3 Å². The number of para-hydroxylation sites is 1. The highest BCUT2D eigenvalue weighted by atomic mass is 79.9. The first-order valence-corrected chi connectivity index (χ1v) is 7.69. The summed E-state index contributed by atoms with van der Waals surface area (Å²) in [6, 6.07) is 11.1. The number of rotatable bonds is 5. The van der Waals surface area contributed by atoms with Gasteiger partial charge in [-0.3, -0.25) is 4.79 Å². The van der Waals surface area contributed by atoms with Crippen molar-refractivity contribution in [1.82, 2.24) is 5.43 Å². The minimum Gasteiger partial charge on any atom is -0.375 e. The predicted molar refractivity (Wildman–Crippen MR) is 87.7 cm³/mol. The van der Waals surface area contributed by atoms with Gasteiger partial charge < -0.3 is 5.32 Å². The monoisotopic (exact) mass is 371 g/mol. The minimum absolute atomic E-state index is 0.106. The van der Waals surface area contributed by atoms with E-state index in [0.29, 0.717) is 5.02 Å². The molecule has 0 saturated heterocycles. The lowest BCUT2D eigenvalue weighted by Gasteiger charge is -2.06. The smallest absolute Gasteiger partial charge is 0.259 e. The zero-order valence-electron chi connectivity index (χ0n) is 10.3. The van der Waals surface area contributed by atoms with Gasteiger partial charge in [0.15, 0.2) is 0 Å². The molecule has 1 aromatic carbocycles. The van der Waals surface area contributed by atoms with Crippen LogP contribution in [0.3, 0.4) is 0 Å². The van der Waals surface area contributed by atoms with Crippen molar-refractivity contribution in [3.63, 3.8) is 0 Å². The van der Waals surface area contributed by atoms with Crippen LogP contribution in [0.2, 0.25) is 5.02 Å². The number of hydrogen-bond donors (Lipinski definition) is 2. The quantitative estimate of drug-likeness (QED) is 0.621. The second kappa shape index (κ2) is 7.42. The Morgan fingerprint density at radius 1 is 1.35 bits per heavy atom. The van der Waals surface area contributed by atoms with E-state index < -0.39 is 0 Å². The number of carbonyl (C=O) groups excluding carboxylic acids is 1. The van der Waals surface area contributed by atoms with Crippen LogP contribution in [0.25, 0.3) is 0 Å². The molecule has 0 aliphatic rings. The lowest BCUT2D eigenvalue weighted by molar-refractivity contribution is -0.119. The largest absolute Gasteiger partial charge is 0.375 e. The third kappa shape index (κ3) is 4.63. The van der Waals surface area contributed by atoms with Gasteiger partial charge in [-0.1, -0.05) is 23.7 Å². The maximum Gasteiger partial charge on any atom is 0.259 e. The van der Waals surface area contributed by atoms with Gasteiger partial charge in [-0.05, 0) is 40.2 Å². The van der Waals surface area contributed by atoms with Crippen LogP contribution in [0, 0.1) is 0 Å². The number of thiophene rings is 1. The minimum atomic E-state index is -0.239. The summed E-state index contributed by atoms with van der Waals surface area (Å²) in [7, 11) is 0. The number of hydrazone groups is 1. The van der Waals surface area contributed by atoms with Crippen LogP contribution in [-0.4, -0.2) is 18.7 Å². The average Bonchev–Trinajstić information content (AvgIpc) is 2.83. The molecule has 7 heteroatoms. The summed E-state index contributed by atoms with van der Waals surface area (Å²) in [5.41, 5.74) is 3.16. The van der Waals surface area contributed by atoms with Gasteiger partial charge in [0.1, 0.15) is 0 Å². The zero-order chi connectivity index (χ0) is 14.4. The van der Waals surface area contributed by atoms with E-state index >= 15 is 0 Å². The molecular formula is C13H11BrClN3OS. The fraction of sp³-hybridized carbons (Fsp3) is 0.0769. The van der Waals surface area contributed by atoms with Crippen LogP contribution in [0.1, 0.15) is 4.88 Å². The van der Waals surface area contributed by atoms with Gasteiger partial charge in [-0.15, -0.1) is 11.3 Å². The summed E-state index contributed by atoms with van der Waals surface area (Å²) in [6.07, 6.45) is 1.60. The molecule has 0 bridgehead atoms. The normalized spacial score (nSPS) is 10.7. The SMILES string of the molecule is O=C(CNc1ccccc1Cl)N/N=C\c1ccc(Br)s1. The standard InChI is InChI=1S/C13H11BrClN3OS/c14-12-6-5-9(20-12)7-17-18-13(19)8-16-11-4-2-1-3-10(11)15/h1-7,16H,8H2,(H,18,19)/b17-7-. The fourth-order valence-corrected chi connectivity index (χ4v) is 2.88. The first-order valence-electron chi connectivity index (χ1n) is 5.71. The summed E-state index contributed by atoms with van der Waals surface area (Å²) in [5, 5.41) is 7.40. The van der Waals surface area contributed by atoms with Crippen molar-refractivity contribution in [2.45, 2.75) is 0 Å². The van der Waals surface area contributed by atoms with Crippen LogP contribution in [0.4, 0.5) is 5.69 Å². The molecule has 1 amide bonds. The Kier molecular flexibility index (Phi) is 5.58. The third-order valence-electron chi connectivity index (χ3n) is 2.29. The van der Waals surface area contributed by atoms with Gasteiger partial charge in [0.2, 0.25) is 0 Å². The highest BCUT2D eigenvalue weighted by molar-refractivity contribution is 9.11. The highest BCUT2D eigenvalue weighted by Crippen LogP contribution is 2.20. The summed E-state index contributed by atoms with van der Waals surface area (Å²) in [6.45, 7) is 0.106. The first-order chi connectivity index (χ1) is 9.65. The van der Waals surface area contributed by atoms with Gasteiger partial charge >= 0.3 is 0 Å². The van der Waals surface area contributed by atoms with Crippen LogP contribution in [-0.2, 0) is 4.79 Å². The van der Waals surface area contributed by atoms with Gasteiger partial charge in [0, 0.05) is 4.88 Å². The molecule has 2 rings (SSSR count). The van der Waals surface area contributed by atoms with Crippen molar-refractivity contribution in [2.24, 2.45) is 5.10 Å². The van der Waals surface area contributed by atoms with E-state index in [2.05, 4.69) is 31.8 Å². The van der Waals surface area contributed by atoms with Crippen molar-refractivity contribution in [1.29, 1.82) is 0 Å². The average molecular weight is 373 g/mol. The zero-order valence-corrected chi connectivity index (χ0v) is 13.4. The van der Waals surface area contributed by atoms with Crippen LogP contribution in [0.15, 0.2) is 45.3 Å². The van der Waals surface area contributed by atoms with Crippen molar-refractivity contribution in [3.05, 3.63) is 50.1 Å². The van der Waals surface area contributed by atoms with Gasteiger partial charge in [0.25, 0.3) is 5.91 Å². The van der Waals surface area contributed by atoms with Gasteiger partial charge in [-0.2, -0.15) is 5.10 Å². The van der Waals surface area contributed by atoms with E-state index in [4.69, 9.17) is 11.6 Å². The van der Waals surface area contributed by atoms with Crippen LogP contribution < -0.4 is 10.7 Å². The molecule has 1 heterocycles. The molecule has 0 unspecified atom stereocenters. The first kappa shape index (κ1) is 15.0. The molecule has 20 heavy (non-hydrogen) atoms. The second-order valence-electron chi connectivity index (χ2n) is 3.77. The summed E-state index contributed by atoms with van der Waals surface area (Å²) in [4.78, 5) is 12.5. The summed E-state index contributed by atoms with van der Waals surface area (Å²) in [5.74, 6) is -0.239. The van der Waals surface area contributed by atoms with E-state index in [-0.39, 0.29) is 12.5 Å². The summed E-state index contributed by atoms with van der Waals surface area (Å²) >= 11 is 10.9. The lowest BCUT2D eigenvalue weighted by Crippen LogP contribution is -2.25. The van der Waals surface area contributed by atoms with Gasteiger partial charge in [0.05, 0.1) is 27.3 Å². The molecule has 0 saturated carbocycles. The Hall–Kier alpha value is -1.37. The Morgan fingerprint density at radius 3 is 2.85 bits per heavy atom. The van der Waals surface area contributed by atoms with Crippen LogP contribution in [0.5, 0.6) is 0 Å². The number of benzene rings is 1. The molecule has 1 aromatic heterocycles. The Balaban J connectivity index is 1.78. The number of nitrogens with zero attached hydrogens (tertiary/aromatic N) is 1. The molecular weight excluding hydrogens is 362 g/mol. The molecule has 2 N–H and O–H groups in total. The van der Waals surface area contributed by atoms with E-state index in [1.165, 1.54) is 11.3 Å².